The number of hydrogen-bond donors (Lipinski definition) is 1. The van der Waals surface area contributed by atoms with Crippen molar-refractivity contribution in [1.82, 2.24) is 0 Å². The Kier molecular flexibility index (Phi) is 6.60. The van der Waals surface area contributed by atoms with Gasteiger partial charge in [-0.15, -0.1) is 0 Å². The molecule has 4 atom stereocenters. The molecular formula is C32H26INO7. The minimum Gasteiger partial charge on any atom is -0.504 e. The third-order valence-electron chi connectivity index (χ3n) is 8.70. The van der Waals surface area contributed by atoms with E-state index >= 15 is 0 Å². The highest BCUT2D eigenvalue weighted by molar-refractivity contribution is 14.1. The normalized spacial score (nSPS) is 25.4. The topological polar surface area (TPSA) is 118 Å². The third-order valence-corrected chi connectivity index (χ3v) is 9.52. The zero-order valence-corrected chi connectivity index (χ0v) is 24.7. The van der Waals surface area contributed by atoms with Crippen LogP contribution in [-0.4, -0.2) is 41.4 Å². The van der Waals surface area contributed by atoms with E-state index in [1.807, 2.05) is 28.7 Å². The molecule has 0 unspecified atom stereocenters. The van der Waals surface area contributed by atoms with E-state index < -0.39 is 23.7 Å². The maximum atomic E-state index is 14.0. The van der Waals surface area contributed by atoms with E-state index in [1.165, 1.54) is 25.0 Å². The summed E-state index contributed by atoms with van der Waals surface area (Å²) < 4.78 is 5.92. The number of allylic oxidation sites excluding steroid dienone is 6. The van der Waals surface area contributed by atoms with Crippen LogP contribution in [0.3, 0.4) is 0 Å². The smallest absolute Gasteiger partial charge is 0.238 e. The minimum absolute atomic E-state index is 0.0266. The van der Waals surface area contributed by atoms with Crippen molar-refractivity contribution < 1.29 is 33.8 Å². The highest BCUT2D eigenvalue weighted by atomic mass is 127. The molecule has 2 aromatic carbocycles. The molecule has 6 rings (SSSR count). The van der Waals surface area contributed by atoms with Gasteiger partial charge in [0.2, 0.25) is 11.8 Å². The number of methoxy groups -OCH3 is 1. The van der Waals surface area contributed by atoms with Crippen LogP contribution in [0.4, 0.5) is 5.69 Å². The molecule has 0 spiro atoms. The predicted molar refractivity (Wildman–Crippen MR) is 158 cm³/mol. The van der Waals surface area contributed by atoms with Crippen molar-refractivity contribution in [3.63, 3.8) is 0 Å². The van der Waals surface area contributed by atoms with Crippen LogP contribution >= 0.6 is 22.6 Å². The number of hydrogen-bond acceptors (Lipinski definition) is 7. The quantitative estimate of drug-likeness (QED) is 0.164. The molecule has 3 aliphatic carbocycles. The standard InChI is InChI=1S/C32H26INO7/c1-14-10-24(36)22-13-21-19(26(28(22)29(14)37)17-11-23(33)30(38)25(12-17)41-3)8-9-20-27(21)32(40)34(31(20)39)18-6-4-16(5-7-18)15(2)35/h4-8,10-12,20-21,26-27,38H,9,13H2,1-3H3/t20-,21+,26-,27-/m0/s1. The fraction of sp³-hybridized carbons (Fsp3) is 0.281. The van der Waals surface area contributed by atoms with Crippen molar-refractivity contribution in [3.8, 4) is 11.5 Å². The van der Waals surface area contributed by atoms with Gasteiger partial charge in [0, 0.05) is 28.2 Å². The van der Waals surface area contributed by atoms with Crippen LogP contribution in [0.15, 0.2) is 70.8 Å². The maximum Gasteiger partial charge on any atom is 0.238 e. The number of ketones is 3. The number of halogens is 1. The fourth-order valence-corrected chi connectivity index (χ4v) is 7.38. The molecule has 8 nitrogen and oxygen atoms in total. The molecule has 0 bridgehead atoms. The Morgan fingerprint density at radius 2 is 1.76 bits per heavy atom. The molecule has 4 aliphatic rings. The SMILES string of the molecule is COc1cc([C@H]2C3=CC[C@@H]4C(=O)N(c5ccc(C(C)=O)cc5)C(=O)[C@@H]4[C@@H]3CC3=C2C(=O)C(C)=CC3=O)cc(I)c1O. The molecule has 1 aliphatic heterocycles. The van der Waals surface area contributed by atoms with E-state index in [9.17, 15) is 29.1 Å². The number of benzene rings is 2. The number of phenolic OH excluding ortho intramolecular Hbond substituents is 1. The summed E-state index contributed by atoms with van der Waals surface area (Å²) in [5, 5.41) is 10.5. The van der Waals surface area contributed by atoms with E-state index in [4.69, 9.17) is 4.74 Å². The Bertz CT molecular complexity index is 1680. The molecule has 0 aromatic heterocycles. The monoisotopic (exact) mass is 663 g/mol. The summed E-state index contributed by atoms with van der Waals surface area (Å²) in [4.78, 5) is 67.5. The van der Waals surface area contributed by atoms with Gasteiger partial charge in [0.05, 0.1) is 28.2 Å². The van der Waals surface area contributed by atoms with E-state index in [0.717, 1.165) is 5.57 Å². The lowest BCUT2D eigenvalue weighted by Crippen LogP contribution is -2.39. The van der Waals surface area contributed by atoms with Gasteiger partial charge in [-0.1, -0.05) is 11.6 Å². The van der Waals surface area contributed by atoms with Crippen LogP contribution in [0.5, 0.6) is 11.5 Å². The van der Waals surface area contributed by atoms with Gasteiger partial charge in [-0.05, 0) is 103 Å². The number of amides is 2. The lowest BCUT2D eigenvalue weighted by molar-refractivity contribution is -0.123. The summed E-state index contributed by atoms with van der Waals surface area (Å²) in [6, 6.07) is 9.82. The van der Waals surface area contributed by atoms with Gasteiger partial charge in [0.25, 0.3) is 0 Å². The van der Waals surface area contributed by atoms with Crippen molar-refractivity contribution in [2.75, 3.05) is 12.0 Å². The Morgan fingerprint density at radius 3 is 2.41 bits per heavy atom. The first-order valence-corrected chi connectivity index (χ1v) is 14.4. The second-order valence-corrected chi connectivity index (χ2v) is 12.1. The molecule has 1 heterocycles. The molecule has 9 heteroatoms. The number of nitrogens with zero attached hydrogens (tertiary/aromatic N) is 1. The molecule has 1 saturated heterocycles. The molecule has 2 amide bonds. The van der Waals surface area contributed by atoms with E-state index in [2.05, 4.69) is 0 Å². The lowest BCUT2D eigenvalue weighted by atomic mass is 9.59. The summed E-state index contributed by atoms with van der Waals surface area (Å²) in [5.74, 6) is -3.50. The summed E-state index contributed by atoms with van der Waals surface area (Å²) in [7, 11) is 1.44. The van der Waals surface area contributed by atoms with Crippen LogP contribution in [0.1, 0.15) is 48.5 Å². The van der Waals surface area contributed by atoms with Gasteiger partial charge < -0.3 is 9.84 Å². The average Bonchev–Trinajstić information content (AvgIpc) is 3.21. The summed E-state index contributed by atoms with van der Waals surface area (Å²) in [5.41, 5.74) is 3.45. The Labute approximate surface area is 249 Å². The predicted octanol–water partition coefficient (Wildman–Crippen LogP) is 4.84. The van der Waals surface area contributed by atoms with Gasteiger partial charge in [-0.25, -0.2) is 0 Å². The zero-order chi connectivity index (χ0) is 29.3. The molecule has 0 saturated carbocycles. The zero-order valence-electron chi connectivity index (χ0n) is 22.6. The number of imide groups is 1. The minimum atomic E-state index is -0.709. The van der Waals surface area contributed by atoms with Crippen molar-refractivity contribution in [3.05, 3.63) is 85.5 Å². The molecule has 0 radical (unpaired) electrons. The Balaban J connectivity index is 1.48. The van der Waals surface area contributed by atoms with Gasteiger partial charge in [0.1, 0.15) is 0 Å². The number of fused-ring (bicyclic) bond motifs is 3. The van der Waals surface area contributed by atoms with Crippen molar-refractivity contribution >= 4 is 57.4 Å². The largest absolute Gasteiger partial charge is 0.504 e. The van der Waals surface area contributed by atoms with Crippen molar-refractivity contribution in [2.24, 2.45) is 17.8 Å². The number of anilines is 1. The van der Waals surface area contributed by atoms with Crippen LogP contribution < -0.4 is 9.64 Å². The molecule has 41 heavy (non-hydrogen) atoms. The van der Waals surface area contributed by atoms with Crippen molar-refractivity contribution in [2.45, 2.75) is 32.6 Å². The Hall–Kier alpha value is -3.86. The van der Waals surface area contributed by atoms with Crippen LogP contribution in [0.25, 0.3) is 0 Å². The molecular weight excluding hydrogens is 637 g/mol. The van der Waals surface area contributed by atoms with Gasteiger partial charge in [-0.3, -0.25) is 28.9 Å². The van der Waals surface area contributed by atoms with Crippen molar-refractivity contribution in [1.29, 1.82) is 0 Å². The van der Waals surface area contributed by atoms with E-state index in [1.54, 1.807) is 43.3 Å². The maximum absolute atomic E-state index is 14.0. The first-order valence-electron chi connectivity index (χ1n) is 13.3. The van der Waals surface area contributed by atoms with Gasteiger partial charge in [-0.2, -0.15) is 0 Å². The summed E-state index contributed by atoms with van der Waals surface area (Å²) in [6.45, 7) is 3.07. The van der Waals surface area contributed by atoms with Gasteiger partial charge >= 0.3 is 0 Å². The third kappa shape index (κ3) is 4.12. The second-order valence-electron chi connectivity index (χ2n) is 10.9. The highest BCUT2D eigenvalue weighted by Crippen LogP contribution is 2.56. The van der Waals surface area contributed by atoms with E-state index in [-0.39, 0.29) is 47.1 Å². The number of phenols is 1. The Morgan fingerprint density at radius 1 is 1.05 bits per heavy atom. The van der Waals surface area contributed by atoms with Crippen LogP contribution in [0, 0.1) is 21.3 Å². The van der Waals surface area contributed by atoms with Gasteiger partial charge in [0.15, 0.2) is 28.8 Å². The number of Topliss-reactive ketones (excluding diaryl/α,β-unsaturated/α-hetero) is 2. The number of carbonyl (C=O) groups excluding carboxylic acids is 5. The number of aromatic hydroxyl groups is 1. The average molecular weight is 663 g/mol. The number of carbonyl (C=O) groups is 5. The summed E-state index contributed by atoms with van der Waals surface area (Å²) in [6.07, 6.45) is 3.78. The fourth-order valence-electron chi connectivity index (χ4n) is 6.76. The molecule has 1 N–H and O–H groups in total. The molecule has 2 aromatic rings. The second kappa shape index (κ2) is 9.90. The number of rotatable bonds is 4. The molecule has 1 fully saturated rings. The van der Waals surface area contributed by atoms with Crippen LogP contribution in [0.2, 0.25) is 0 Å². The first-order chi connectivity index (χ1) is 19.5. The molecule has 208 valence electrons. The van der Waals surface area contributed by atoms with E-state index in [0.29, 0.717) is 43.5 Å². The highest BCUT2D eigenvalue weighted by Gasteiger charge is 2.56. The lowest BCUT2D eigenvalue weighted by Gasteiger charge is -2.42. The van der Waals surface area contributed by atoms with Crippen LogP contribution in [-0.2, 0) is 19.2 Å². The summed E-state index contributed by atoms with van der Waals surface area (Å²) >= 11 is 1.99. The number of ether oxygens (including phenoxy) is 1. The first kappa shape index (κ1) is 27.3.